The molecule has 0 spiro atoms. The Morgan fingerprint density at radius 1 is 1.06 bits per heavy atom. The molecule has 18 heavy (non-hydrogen) atoms. The molecule has 0 aliphatic carbocycles. The summed E-state index contributed by atoms with van der Waals surface area (Å²) in [5.74, 6) is 0.481. The van der Waals surface area contributed by atoms with Crippen molar-refractivity contribution in [2.24, 2.45) is 0 Å². The van der Waals surface area contributed by atoms with Gasteiger partial charge in [-0.2, -0.15) is 13.2 Å². The molecule has 0 unspecified atom stereocenters. The van der Waals surface area contributed by atoms with Crippen molar-refractivity contribution in [1.29, 1.82) is 0 Å². The highest BCUT2D eigenvalue weighted by molar-refractivity contribution is 5.59. The van der Waals surface area contributed by atoms with Crippen LogP contribution < -0.4 is 11.1 Å². The Morgan fingerprint density at radius 2 is 1.72 bits per heavy atom. The molecule has 2 aromatic rings. The zero-order valence-corrected chi connectivity index (χ0v) is 9.20. The summed E-state index contributed by atoms with van der Waals surface area (Å²) >= 11 is 0. The average molecular weight is 253 g/mol. The third-order valence-electron chi connectivity index (χ3n) is 2.27. The van der Waals surface area contributed by atoms with Crippen molar-refractivity contribution in [3.8, 4) is 0 Å². The minimum atomic E-state index is -4.33. The number of hydrogen-bond donors (Lipinski definition) is 2. The van der Waals surface area contributed by atoms with E-state index in [-0.39, 0.29) is 0 Å². The minimum absolute atomic E-state index is 0.481. The number of nitrogens with one attached hydrogen (secondary N) is 1. The summed E-state index contributed by atoms with van der Waals surface area (Å²) in [6, 6.07) is 7.92. The van der Waals surface area contributed by atoms with Gasteiger partial charge in [-0.1, -0.05) is 0 Å². The number of benzene rings is 1. The molecule has 1 aromatic carbocycles. The van der Waals surface area contributed by atoms with E-state index in [2.05, 4.69) is 10.3 Å². The largest absolute Gasteiger partial charge is 0.416 e. The number of anilines is 3. The molecule has 0 bridgehead atoms. The molecular formula is C12H10F3N3. The lowest BCUT2D eigenvalue weighted by molar-refractivity contribution is -0.137. The predicted octanol–water partition coefficient (Wildman–Crippen LogP) is 3.43. The van der Waals surface area contributed by atoms with E-state index in [4.69, 9.17) is 5.73 Å². The molecule has 1 aromatic heterocycles. The van der Waals surface area contributed by atoms with Gasteiger partial charge in [0.15, 0.2) is 0 Å². The number of alkyl halides is 3. The van der Waals surface area contributed by atoms with Crippen molar-refractivity contribution in [2.45, 2.75) is 6.18 Å². The van der Waals surface area contributed by atoms with Gasteiger partial charge in [-0.25, -0.2) is 4.98 Å². The molecule has 0 aliphatic rings. The van der Waals surface area contributed by atoms with Crippen LogP contribution in [-0.2, 0) is 6.18 Å². The lowest BCUT2D eigenvalue weighted by Gasteiger charge is -2.09. The Kier molecular flexibility index (Phi) is 3.10. The number of nitrogen functional groups attached to an aromatic ring is 1. The van der Waals surface area contributed by atoms with Crippen LogP contribution in [0.15, 0.2) is 42.6 Å². The Labute approximate surface area is 101 Å². The summed E-state index contributed by atoms with van der Waals surface area (Å²) in [4.78, 5) is 3.99. The van der Waals surface area contributed by atoms with Crippen LogP contribution in [0.3, 0.4) is 0 Å². The highest BCUT2D eigenvalue weighted by Gasteiger charge is 2.29. The molecule has 0 atom stereocenters. The van der Waals surface area contributed by atoms with Gasteiger partial charge in [0.05, 0.1) is 5.56 Å². The molecule has 0 amide bonds. The van der Waals surface area contributed by atoms with Crippen molar-refractivity contribution in [2.75, 3.05) is 11.1 Å². The SMILES string of the molecule is Nc1ccnc(Nc2ccc(C(F)(F)F)cc2)c1. The molecule has 0 aliphatic heterocycles. The fourth-order valence-corrected chi connectivity index (χ4v) is 1.41. The lowest BCUT2D eigenvalue weighted by Crippen LogP contribution is -2.04. The van der Waals surface area contributed by atoms with Crippen molar-refractivity contribution in [3.63, 3.8) is 0 Å². The minimum Gasteiger partial charge on any atom is -0.399 e. The van der Waals surface area contributed by atoms with Gasteiger partial charge >= 0.3 is 6.18 Å². The summed E-state index contributed by atoms with van der Waals surface area (Å²) < 4.78 is 37.1. The van der Waals surface area contributed by atoms with Gasteiger partial charge in [-0.3, -0.25) is 0 Å². The second-order valence-electron chi connectivity index (χ2n) is 3.67. The number of nitrogens with two attached hydrogens (primary N) is 1. The highest BCUT2D eigenvalue weighted by atomic mass is 19.4. The molecule has 0 radical (unpaired) electrons. The summed E-state index contributed by atoms with van der Waals surface area (Å²) in [7, 11) is 0. The maximum absolute atomic E-state index is 12.4. The maximum atomic E-state index is 12.4. The van der Waals surface area contributed by atoms with Crippen LogP contribution in [0, 0.1) is 0 Å². The molecule has 2 rings (SSSR count). The number of rotatable bonds is 2. The zero-order valence-electron chi connectivity index (χ0n) is 9.20. The topological polar surface area (TPSA) is 50.9 Å². The number of nitrogens with zero attached hydrogens (tertiary/aromatic N) is 1. The molecule has 94 valence electrons. The van der Waals surface area contributed by atoms with Gasteiger partial charge in [-0.15, -0.1) is 0 Å². The summed E-state index contributed by atoms with van der Waals surface area (Å²) in [6.07, 6.45) is -2.81. The van der Waals surface area contributed by atoms with Crippen molar-refractivity contribution < 1.29 is 13.2 Å². The maximum Gasteiger partial charge on any atom is 0.416 e. The zero-order chi connectivity index (χ0) is 13.2. The van der Waals surface area contributed by atoms with Gasteiger partial charge in [-0.05, 0) is 30.3 Å². The number of pyridine rings is 1. The van der Waals surface area contributed by atoms with Crippen LogP contribution in [0.25, 0.3) is 0 Å². The highest BCUT2D eigenvalue weighted by Crippen LogP contribution is 2.30. The van der Waals surface area contributed by atoms with Gasteiger partial charge in [0.25, 0.3) is 0 Å². The van der Waals surface area contributed by atoms with Gasteiger partial charge in [0.2, 0.25) is 0 Å². The number of hydrogen-bond acceptors (Lipinski definition) is 3. The summed E-state index contributed by atoms with van der Waals surface area (Å²) in [6.45, 7) is 0. The molecule has 0 saturated carbocycles. The second kappa shape index (κ2) is 4.56. The molecule has 6 heteroatoms. The van der Waals surface area contributed by atoms with E-state index < -0.39 is 11.7 Å². The molecule has 1 heterocycles. The van der Waals surface area contributed by atoms with Gasteiger partial charge in [0, 0.05) is 23.6 Å². The normalized spacial score (nSPS) is 11.3. The van der Waals surface area contributed by atoms with Crippen LogP contribution in [0.2, 0.25) is 0 Å². The van der Waals surface area contributed by atoms with E-state index in [1.807, 2.05) is 0 Å². The molecule has 0 saturated heterocycles. The molecule has 3 nitrogen and oxygen atoms in total. The lowest BCUT2D eigenvalue weighted by atomic mass is 10.2. The summed E-state index contributed by atoms with van der Waals surface area (Å²) in [5, 5.41) is 2.86. The van der Waals surface area contributed by atoms with Gasteiger partial charge in [0.1, 0.15) is 5.82 Å². The van der Waals surface area contributed by atoms with E-state index in [1.54, 1.807) is 12.1 Å². The van der Waals surface area contributed by atoms with Crippen molar-refractivity contribution in [1.82, 2.24) is 4.98 Å². The van der Waals surface area contributed by atoms with E-state index in [1.165, 1.54) is 18.3 Å². The third-order valence-corrected chi connectivity index (χ3v) is 2.27. The Balaban J connectivity index is 2.16. The van der Waals surface area contributed by atoms with Crippen LogP contribution >= 0.6 is 0 Å². The molecule has 3 N–H and O–H groups in total. The van der Waals surface area contributed by atoms with E-state index in [0.717, 1.165) is 12.1 Å². The fourth-order valence-electron chi connectivity index (χ4n) is 1.41. The molecular weight excluding hydrogens is 243 g/mol. The van der Waals surface area contributed by atoms with E-state index >= 15 is 0 Å². The van der Waals surface area contributed by atoms with E-state index in [0.29, 0.717) is 17.2 Å². The van der Waals surface area contributed by atoms with E-state index in [9.17, 15) is 13.2 Å². The first-order valence-electron chi connectivity index (χ1n) is 5.11. The number of halogens is 3. The number of aromatic nitrogens is 1. The monoisotopic (exact) mass is 253 g/mol. The third kappa shape index (κ3) is 2.91. The Bertz CT molecular complexity index is 535. The van der Waals surface area contributed by atoms with Crippen LogP contribution in [0.5, 0.6) is 0 Å². The second-order valence-corrected chi connectivity index (χ2v) is 3.67. The van der Waals surface area contributed by atoms with Crippen LogP contribution in [0.1, 0.15) is 5.56 Å². The summed E-state index contributed by atoms with van der Waals surface area (Å²) in [5.41, 5.74) is 5.92. The Hall–Kier alpha value is -2.24. The van der Waals surface area contributed by atoms with Crippen LogP contribution in [0.4, 0.5) is 30.4 Å². The molecule has 0 fully saturated rings. The standard InChI is InChI=1S/C12H10F3N3/c13-12(14,15)8-1-3-10(4-2-8)18-11-7-9(16)5-6-17-11/h1-7H,(H3,16,17,18). The quantitative estimate of drug-likeness (QED) is 0.862. The fraction of sp³-hybridized carbons (Fsp3) is 0.0833. The first kappa shape index (κ1) is 12.2. The smallest absolute Gasteiger partial charge is 0.399 e. The first-order valence-corrected chi connectivity index (χ1v) is 5.11. The van der Waals surface area contributed by atoms with Crippen molar-refractivity contribution in [3.05, 3.63) is 48.2 Å². The first-order chi connectivity index (χ1) is 8.45. The average Bonchev–Trinajstić information content (AvgIpc) is 2.28. The van der Waals surface area contributed by atoms with Crippen molar-refractivity contribution >= 4 is 17.2 Å². The predicted molar refractivity (Wildman–Crippen MR) is 63.4 cm³/mol. The Morgan fingerprint density at radius 3 is 2.28 bits per heavy atom. The van der Waals surface area contributed by atoms with Crippen LogP contribution in [-0.4, -0.2) is 4.98 Å². The van der Waals surface area contributed by atoms with Gasteiger partial charge < -0.3 is 11.1 Å².